The summed E-state index contributed by atoms with van der Waals surface area (Å²) in [6.45, 7) is 1.72. The lowest BCUT2D eigenvalue weighted by Crippen LogP contribution is -2.09. The molecule has 0 radical (unpaired) electrons. The van der Waals surface area contributed by atoms with E-state index in [0.717, 1.165) is 6.26 Å². The molecule has 5 nitrogen and oxygen atoms in total. The number of hydrogen-bond donors (Lipinski definition) is 0. The molecule has 0 aliphatic carbocycles. The molecule has 17 heavy (non-hydrogen) atoms. The maximum absolute atomic E-state index is 11.2. The lowest BCUT2D eigenvalue weighted by Gasteiger charge is -2.06. The summed E-state index contributed by atoms with van der Waals surface area (Å²) in [5.41, 5.74) is 0. The Morgan fingerprint density at radius 3 is 2.24 bits per heavy atom. The summed E-state index contributed by atoms with van der Waals surface area (Å²) >= 11 is 0. The van der Waals surface area contributed by atoms with Crippen LogP contribution in [0.3, 0.4) is 0 Å². The number of carbonyl (C=O) groups excluding carboxylic acids is 1. The van der Waals surface area contributed by atoms with Crippen molar-refractivity contribution in [3.05, 3.63) is 24.3 Å². The van der Waals surface area contributed by atoms with Crippen LogP contribution in [-0.2, 0) is 19.4 Å². The van der Waals surface area contributed by atoms with Crippen molar-refractivity contribution in [3.63, 3.8) is 0 Å². The minimum Gasteiger partial charge on any atom is -0.490 e. The van der Waals surface area contributed by atoms with Crippen LogP contribution in [0, 0.1) is 0 Å². The number of hydrogen-bond acceptors (Lipinski definition) is 5. The molecule has 1 aromatic rings. The zero-order chi connectivity index (χ0) is 12.9. The largest absolute Gasteiger partial charge is 0.490 e. The Morgan fingerprint density at radius 2 is 1.76 bits per heavy atom. The first kappa shape index (κ1) is 13.5. The summed E-state index contributed by atoms with van der Waals surface area (Å²) in [7, 11) is -3.18. The van der Waals surface area contributed by atoms with Crippen molar-refractivity contribution in [2.24, 2.45) is 0 Å². The molecule has 6 heteroatoms. The second-order valence-electron chi connectivity index (χ2n) is 3.43. The zero-order valence-electron chi connectivity index (χ0n) is 9.67. The number of carbonyl (C=O) groups is 1. The van der Waals surface area contributed by atoms with Crippen molar-refractivity contribution in [2.45, 2.75) is 11.8 Å². The predicted octanol–water partition coefficient (Wildman–Crippen LogP) is 1.03. The third kappa shape index (κ3) is 4.86. The van der Waals surface area contributed by atoms with Crippen molar-refractivity contribution in [1.29, 1.82) is 0 Å². The first-order valence-corrected chi connectivity index (χ1v) is 6.85. The maximum Gasteiger partial charge on any atom is 0.302 e. The average molecular weight is 258 g/mol. The third-order valence-corrected chi connectivity index (χ3v) is 3.04. The van der Waals surface area contributed by atoms with Crippen LogP contribution in [0.15, 0.2) is 29.2 Å². The van der Waals surface area contributed by atoms with Crippen LogP contribution in [0.1, 0.15) is 6.92 Å². The van der Waals surface area contributed by atoms with Gasteiger partial charge in [0.1, 0.15) is 19.0 Å². The molecule has 0 fully saturated rings. The van der Waals surface area contributed by atoms with Gasteiger partial charge in [-0.1, -0.05) is 0 Å². The lowest BCUT2D eigenvalue weighted by atomic mass is 10.3. The highest BCUT2D eigenvalue weighted by atomic mass is 32.2. The number of rotatable bonds is 5. The van der Waals surface area contributed by atoms with Gasteiger partial charge in [-0.3, -0.25) is 4.79 Å². The van der Waals surface area contributed by atoms with E-state index in [-0.39, 0.29) is 24.1 Å². The minimum absolute atomic E-state index is 0.170. The smallest absolute Gasteiger partial charge is 0.302 e. The molecule has 0 unspecified atom stereocenters. The summed E-state index contributed by atoms with van der Waals surface area (Å²) in [5, 5.41) is 0. The Kier molecular flexibility index (Phi) is 4.51. The molecule has 0 spiro atoms. The van der Waals surface area contributed by atoms with Gasteiger partial charge >= 0.3 is 5.97 Å². The number of esters is 1. The molecule has 0 aliphatic rings. The van der Waals surface area contributed by atoms with Gasteiger partial charge in [-0.2, -0.15) is 0 Å². The van der Waals surface area contributed by atoms with Gasteiger partial charge < -0.3 is 9.47 Å². The summed E-state index contributed by atoms with van der Waals surface area (Å²) in [5.74, 6) is 0.172. The van der Waals surface area contributed by atoms with Crippen LogP contribution >= 0.6 is 0 Å². The van der Waals surface area contributed by atoms with Crippen LogP contribution in [0.2, 0.25) is 0 Å². The molecule has 94 valence electrons. The quantitative estimate of drug-likeness (QED) is 0.583. The molecule has 0 bridgehead atoms. The van der Waals surface area contributed by atoms with E-state index < -0.39 is 9.84 Å². The van der Waals surface area contributed by atoms with Gasteiger partial charge in [0.05, 0.1) is 4.90 Å². The first-order chi connectivity index (χ1) is 7.89. The molecule has 1 aromatic carbocycles. The summed E-state index contributed by atoms with van der Waals surface area (Å²) in [6.07, 6.45) is 1.14. The fourth-order valence-corrected chi connectivity index (χ4v) is 1.76. The van der Waals surface area contributed by atoms with E-state index in [1.807, 2.05) is 0 Å². The van der Waals surface area contributed by atoms with Crippen LogP contribution in [0.4, 0.5) is 0 Å². The molecular formula is C11H14O5S. The minimum atomic E-state index is -3.18. The van der Waals surface area contributed by atoms with Gasteiger partial charge in [-0.25, -0.2) is 8.42 Å². The second kappa shape index (κ2) is 5.67. The van der Waals surface area contributed by atoms with Gasteiger partial charge in [0.25, 0.3) is 0 Å². The zero-order valence-corrected chi connectivity index (χ0v) is 10.5. The Balaban J connectivity index is 2.49. The Hall–Kier alpha value is -1.56. The van der Waals surface area contributed by atoms with E-state index >= 15 is 0 Å². The molecular weight excluding hydrogens is 244 g/mol. The monoisotopic (exact) mass is 258 g/mol. The fourth-order valence-electron chi connectivity index (χ4n) is 1.13. The highest BCUT2D eigenvalue weighted by Crippen LogP contribution is 2.15. The SMILES string of the molecule is CC(=O)OCCOc1ccc(S(C)(=O)=O)cc1. The summed E-state index contributed by atoms with van der Waals surface area (Å²) in [4.78, 5) is 10.7. The average Bonchev–Trinajstić information content (AvgIpc) is 2.23. The topological polar surface area (TPSA) is 69.7 Å². The Morgan fingerprint density at radius 1 is 1.18 bits per heavy atom. The molecule has 0 saturated heterocycles. The number of sulfone groups is 1. The van der Waals surface area contributed by atoms with Crippen LogP contribution in [-0.4, -0.2) is 33.9 Å². The molecule has 0 amide bonds. The van der Waals surface area contributed by atoms with E-state index in [1.165, 1.54) is 19.1 Å². The Bertz CT molecular complexity index is 475. The lowest BCUT2D eigenvalue weighted by molar-refractivity contribution is -0.141. The van der Waals surface area contributed by atoms with E-state index in [0.29, 0.717) is 5.75 Å². The number of ether oxygens (including phenoxy) is 2. The van der Waals surface area contributed by atoms with E-state index in [4.69, 9.17) is 4.74 Å². The van der Waals surface area contributed by atoms with Crippen molar-refractivity contribution >= 4 is 15.8 Å². The van der Waals surface area contributed by atoms with Gasteiger partial charge in [0.15, 0.2) is 9.84 Å². The standard InChI is InChI=1S/C11H14O5S/c1-9(12)15-7-8-16-10-3-5-11(6-4-10)17(2,13)14/h3-6H,7-8H2,1-2H3. The molecule has 0 saturated carbocycles. The molecule has 0 atom stereocenters. The summed E-state index contributed by atoms with van der Waals surface area (Å²) in [6, 6.07) is 6.06. The van der Waals surface area contributed by atoms with E-state index in [1.54, 1.807) is 12.1 Å². The van der Waals surface area contributed by atoms with Crippen LogP contribution in [0.5, 0.6) is 5.75 Å². The van der Waals surface area contributed by atoms with Gasteiger partial charge in [-0.05, 0) is 24.3 Å². The predicted molar refractivity (Wildman–Crippen MR) is 61.7 cm³/mol. The second-order valence-corrected chi connectivity index (χ2v) is 5.45. The van der Waals surface area contributed by atoms with E-state index in [9.17, 15) is 13.2 Å². The summed E-state index contributed by atoms with van der Waals surface area (Å²) < 4.78 is 32.3. The Labute approximate surface area is 100 Å². The molecule has 0 aromatic heterocycles. The normalized spacial score (nSPS) is 10.9. The van der Waals surface area contributed by atoms with E-state index in [2.05, 4.69) is 4.74 Å². The molecule has 0 heterocycles. The molecule has 0 aliphatic heterocycles. The highest BCUT2D eigenvalue weighted by molar-refractivity contribution is 7.90. The van der Waals surface area contributed by atoms with Gasteiger partial charge in [-0.15, -0.1) is 0 Å². The van der Waals surface area contributed by atoms with Gasteiger partial charge in [0, 0.05) is 13.2 Å². The molecule has 1 rings (SSSR count). The van der Waals surface area contributed by atoms with Crippen molar-refractivity contribution < 1.29 is 22.7 Å². The van der Waals surface area contributed by atoms with Crippen LogP contribution in [0.25, 0.3) is 0 Å². The van der Waals surface area contributed by atoms with Crippen molar-refractivity contribution in [2.75, 3.05) is 19.5 Å². The highest BCUT2D eigenvalue weighted by Gasteiger charge is 2.06. The number of benzene rings is 1. The maximum atomic E-state index is 11.2. The fraction of sp³-hybridized carbons (Fsp3) is 0.364. The van der Waals surface area contributed by atoms with Crippen molar-refractivity contribution in [3.8, 4) is 5.75 Å². The first-order valence-electron chi connectivity index (χ1n) is 4.96. The third-order valence-electron chi connectivity index (χ3n) is 1.91. The van der Waals surface area contributed by atoms with Crippen LogP contribution < -0.4 is 4.74 Å². The van der Waals surface area contributed by atoms with Crippen molar-refractivity contribution in [1.82, 2.24) is 0 Å². The molecule has 0 N–H and O–H groups in total. The van der Waals surface area contributed by atoms with Gasteiger partial charge in [0.2, 0.25) is 0 Å².